The van der Waals surface area contributed by atoms with Gasteiger partial charge in [-0.1, -0.05) is 37.3 Å². The molecule has 0 spiro atoms. The minimum Gasteiger partial charge on any atom is -0.350 e. The van der Waals surface area contributed by atoms with E-state index in [0.29, 0.717) is 5.88 Å². The van der Waals surface area contributed by atoms with Crippen LogP contribution in [0, 0.1) is 0 Å². The first-order valence-corrected chi connectivity index (χ1v) is 7.54. The van der Waals surface area contributed by atoms with Crippen LogP contribution in [0.3, 0.4) is 0 Å². The molecule has 1 aliphatic carbocycles. The Bertz CT molecular complexity index is 441. The van der Waals surface area contributed by atoms with Gasteiger partial charge in [0.2, 0.25) is 5.91 Å². The van der Waals surface area contributed by atoms with Crippen molar-refractivity contribution in [3.8, 4) is 0 Å². The van der Waals surface area contributed by atoms with Gasteiger partial charge in [0.25, 0.3) is 0 Å². The molecule has 1 atom stereocenters. The average Bonchev–Trinajstić information content (AvgIpc) is 3.21. The zero-order valence-electron chi connectivity index (χ0n) is 11.7. The summed E-state index contributed by atoms with van der Waals surface area (Å²) in [7, 11) is 0. The standard InChI is InChI=1S/C16H22ClNO/c1-3-15(2,11-12-17)18-14(19)16(9-10-16)13-7-5-4-6-8-13/h4-8H,3,9-12H2,1-2H3,(H,18,19). The normalized spacial score (nSPS) is 19.5. The first-order chi connectivity index (χ1) is 9.06. The van der Waals surface area contributed by atoms with Gasteiger partial charge >= 0.3 is 0 Å². The monoisotopic (exact) mass is 279 g/mol. The lowest BCUT2D eigenvalue weighted by molar-refractivity contribution is -0.125. The molecule has 1 saturated carbocycles. The lowest BCUT2D eigenvalue weighted by Crippen LogP contribution is -2.49. The first kappa shape index (κ1) is 14.4. The Morgan fingerprint density at radius 3 is 2.47 bits per heavy atom. The summed E-state index contributed by atoms with van der Waals surface area (Å²) in [5.41, 5.74) is 0.657. The third-order valence-corrected chi connectivity index (χ3v) is 4.54. The third-order valence-electron chi connectivity index (χ3n) is 4.35. The maximum Gasteiger partial charge on any atom is 0.231 e. The van der Waals surface area contributed by atoms with Crippen molar-refractivity contribution in [2.24, 2.45) is 0 Å². The van der Waals surface area contributed by atoms with Crippen molar-refractivity contribution in [3.63, 3.8) is 0 Å². The van der Waals surface area contributed by atoms with Gasteiger partial charge in [0, 0.05) is 11.4 Å². The van der Waals surface area contributed by atoms with Gasteiger partial charge in [-0.15, -0.1) is 11.6 Å². The Balaban J connectivity index is 2.12. The molecule has 0 aromatic heterocycles. The van der Waals surface area contributed by atoms with Gasteiger partial charge in [0.1, 0.15) is 0 Å². The van der Waals surface area contributed by atoms with Crippen LogP contribution >= 0.6 is 11.6 Å². The van der Waals surface area contributed by atoms with E-state index in [-0.39, 0.29) is 16.9 Å². The number of carbonyl (C=O) groups excluding carboxylic acids is 1. The molecule has 3 heteroatoms. The summed E-state index contributed by atoms with van der Waals surface area (Å²) >= 11 is 5.84. The number of benzene rings is 1. The van der Waals surface area contributed by atoms with Crippen LogP contribution in [0.5, 0.6) is 0 Å². The van der Waals surface area contributed by atoms with Gasteiger partial charge < -0.3 is 5.32 Å². The largest absolute Gasteiger partial charge is 0.350 e. The molecule has 1 amide bonds. The topological polar surface area (TPSA) is 29.1 Å². The van der Waals surface area contributed by atoms with E-state index >= 15 is 0 Å². The molecular weight excluding hydrogens is 258 g/mol. The number of amides is 1. The third kappa shape index (κ3) is 2.94. The SMILES string of the molecule is CCC(C)(CCCl)NC(=O)C1(c2ccccc2)CC1. The predicted molar refractivity (Wildman–Crippen MR) is 79.5 cm³/mol. The molecule has 1 aromatic rings. The fourth-order valence-electron chi connectivity index (χ4n) is 2.46. The Morgan fingerprint density at radius 1 is 1.37 bits per heavy atom. The maximum atomic E-state index is 12.6. The van der Waals surface area contributed by atoms with E-state index in [2.05, 4.69) is 31.3 Å². The van der Waals surface area contributed by atoms with Gasteiger partial charge in [-0.3, -0.25) is 4.79 Å². The molecular formula is C16H22ClNO. The second-order valence-corrected chi connectivity index (χ2v) is 6.13. The smallest absolute Gasteiger partial charge is 0.231 e. The summed E-state index contributed by atoms with van der Waals surface area (Å²) in [4.78, 5) is 12.6. The fourth-order valence-corrected chi connectivity index (χ4v) is 2.88. The highest BCUT2D eigenvalue weighted by Crippen LogP contribution is 2.48. The number of rotatable bonds is 6. The molecule has 19 heavy (non-hydrogen) atoms. The summed E-state index contributed by atoms with van der Waals surface area (Å²) in [6, 6.07) is 10.1. The number of halogens is 1. The molecule has 0 radical (unpaired) electrons. The van der Waals surface area contributed by atoms with Crippen LogP contribution in [0.15, 0.2) is 30.3 Å². The highest BCUT2D eigenvalue weighted by atomic mass is 35.5. The lowest BCUT2D eigenvalue weighted by Gasteiger charge is -2.31. The van der Waals surface area contributed by atoms with Crippen molar-refractivity contribution in [1.82, 2.24) is 5.32 Å². The van der Waals surface area contributed by atoms with Gasteiger partial charge in [-0.05, 0) is 38.2 Å². The predicted octanol–water partition coefficient (Wildman–Crippen LogP) is 3.63. The number of alkyl halides is 1. The van der Waals surface area contributed by atoms with E-state index in [1.165, 1.54) is 0 Å². The van der Waals surface area contributed by atoms with Crippen LogP contribution in [0.2, 0.25) is 0 Å². The van der Waals surface area contributed by atoms with E-state index in [1.54, 1.807) is 0 Å². The molecule has 1 fully saturated rings. The molecule has 1 aliphatic rings. The Hall–Kier alpha value is -1.02. The first-order valence-electron chi connectivity index (χ1n) is 7.00. The summed E-state index contributed by atoms with van der Waals surface area (Å²) in [6.07, 6.45) is 3.60. The highest BCUT2D eigenvalue weighted by Gasteiger charge is 2.52. The zero-order chi connectivity index (χ0) is 13.9. The van der Waals surface area contributed by atoms with Gasteiger partial charge in [0.05, 0.1) is 5.41 Å². The Morgan fingerprint density at radius 2 is 2.00 bits per heavy atom. The van der Waals surface area contributed by atoms with Crippen LogP contribution in [0.1, 0.15) is 45.1 Å². The molecule has 1 unspecified atom stereocenters. The quantitative estimate of drug-likeness (QED) is 0.792. The fraction of sp³-hybridized carbons (Fsp3) is 0.562. The summed E-state index contributed by atoms with van der Waals surface area (Å²) in [5, 5.41) is 3.22. The summed E-state index contributed by atoms with van der Waals surface area (Å²) < 4.78 is 0. The second kappa shape index (κ2) is 5.54. The zero-order valence-corrected chi connectivity index (χ0v) is 12.5. The Kier molecular flexibility index (Phi) is 4.19. The second-order valence-electron chi connectivity index (χ2n) is 5.76. The van der Waals surface area contributed by atoms with Crippen molar-refractivity contribution in [3.05, 3.63) is 35.9 Å². The van der Waals surface area contributed by atoms with Gasteiger partial charge in [-0.2, -0.15) is 0 Å². The Labute approximate surface area is 120 Å². The van der Waals surface area contributed by atoms with E-state index in [1.807, 2.05) is 18.2 Å². The van der Waals surface area contributed by atoms with Crippen LogP contribution in [-0.4, -0.2) is 17.3 Å². The van der Waals surface area contributed by atoms with E-state index in [0.717, 1.165) is 31.2 Å². The van der Waals surface area contributed by atoms with E-state index < -0.39 is 0 Å². The molecule has 104 valence electrons. The summed E-state index contributed by atoms with van der Waals surface area (Å²) in [6.45, 7) is 4.17. The van der Waals surface area contributed by atoms with Crippen LogP contribution < -0.4 is 5.32 Å². The van der Waals surface area contributed by atoms with Crippen LogP contribution in [0.25, 0.3) is 0 Å². The maximum absolute atomic E-state index is 12.6. The minimum atomic E-state index is -0.288. The molecule has 2 nitrogen and oxygen atoms in total. The van der Waals surface area contributed by atoms with E-state index in [4.69, 9.17) is 11.6 Å². The van der Waals surface area contributed by atoms with Gasteiger partial charge in [-0.25, -0.2) is 0 Å². The van der Waals surface area contributed by atoms with Crippen LogP contribution in [-0.2, 0) is 10.2 Å². The molecule has 0 aliphatic heterocycles. The molecule has 1 aromatic carbocycles. The number of carbonyl (C=O) groups is 1. The average molecular weight is 280 g/mol. The van der Waals surface area contributed by atoms with Crippen molar-refractivity contribution < 1.29 is 4.79 Å². The lowest BCUT2D eigenvalue weighted by atomic mass is 9.90. The highest BCUT2D eigenvalue weighted by molar-refractivity contribution is 6.17. The molecule has 0 bridgehead atoms. The molecule has 0 heterocycles. The van der Waals surface area contributed by atoms with Crippen molar-refractivity contribution >= 4 is 17.5 Å². The minimum absolute atomic E-state index is 0.160. The van der Waals surface area contributed by atoms with E-state index in [9.17, 15) is 4.79 Å². The van der Waals surface area contributed by atoms with Crippen molar-refractivity contribution in [2.45, 2.75) is 50.5 Å². The van der Waals surface area contributed by atoms with Crippen LogP contribution in [0.4, 0.5) is 0 Å². The molecule has 0 saturated heterocycles. The van der Waals surface area contributed by atoms with Crippen molar-refractivity contribution in [2.75, 3.05) is 5.88 Å². The summed E-state index contributed by atoms with van der Waals surface area (Å²) in [5.74, 6) is 0.733. The number of nitrogens with one attached hydrogen (secondary N) is 1. The molecule has 1 N–H and O–H groups in total. The van der Waals surface area contributed by atoms with Gasteiger partial charge in [0.15, 0.2) is 0 Å². The number of hydrogen-bond acceptors (Lipinski definition) is 1. The number of hydrogen-bond donors (Lipinski definition) is 1. The molecule has 2 rings (SSSR count). The van der Waals surface area contributed by atoms with Crippen molar-refractivity contribution in [1.29, 1.82) is 0 Å².